The van der Waals surface area contributed by atoms with E-state index in [0.717, 1.165) is 21.3 Å². The van der Waals surface area contributed by atoms with Crippen LogP contribution in [0.2, 0.25) is 0 Å². The van der Waals surface area contributed by atoms with Crippen molar-refractivity contribution in [3.8, 4) is 0 Å². The van der Waals surface area contributed by atoms with Gasteiger partial charge in [-0.25, -0.2) is 4.98 Å². The summed E-state index contributed by atoms with van der Waals surface area (Å²) in [6.07, 6.45) is 0.469. The van der Waals surface area contributed by atoms with Gasteiger partial charge in [-0.15, -0.1) is 11.8 Å². The van der Waals surface area contributed by atoms with Crippen molar-refractivity contribution < 1.29 is 4.79 Å². The summed E-state index contributed by atoms with van der Waals surface area (Å²) in [6, 6.07) is 9.46. The van der Waals surface area contributed by atoms with Gasteiger partial charge in [0.05, 0.1) is 9.90 Å². The summed E-state index contributed by atoms with van der Waals surface area (Å²) in [5.41, 5.74) is 7.40. The second kappa shape index (κ2) is 6.58. The number of benzene rings is 1. The van der Waals surface area contributed by atoms with Gasteiger partial charge in [0.2, 0.25) is 5.91 Å². The molecule has 1 aromatic heterocycles. The molecule has 2 aromatic rings. The molecule has 0 fully saturated rings. The van der Waals surface area contributed by atoms with Crippen LogP contribution in [0.15, 0.2) is 34.5 Å². The summed E-state index contributed by atoms with van der Waals surface area (Å²) in [5.74, 6) is 0.745. The quantitative estimate of drug-likeness (QED) is 0.831. The van der Waals surface area contributed by atoms with Crippen LogP contribution in [0.3, 0.4) is 0 Å². The Morgan fingerprint density at radius 1 is 1.42 bits per heavy atom. The number of nitrogens with zero attached hydrogens (tertiary/aromatic N) is 1. The Morgan fingerprint density at radius 2 is 2.16 bits per heavy atom. The van der Waals surface area contributed by atoms with Gasteiger partial charge in [-0.1, -0.05) is 29.5 Å². The molecule has 2 rings (SSSR count). The van der Waals surface area contributed by atoms with Crippen LogP contribution in [0.25, 0.3) is 0 Å². The summed E-state index contributed by atoms with van der Waals surface area (Å²) in [5, 5.41) is 3.44. The third-order valence-corrected chi connectivity index (χ3v) is 4.74. The monoisotopic (exact) mass is 293 g/mol. The van der Waals surface area contributed by atoms with Crippen LogP contribution in [0.4, 0.5) is 10.8 Å². The average Bonchev–Trinajstić information content (AvgIpc) is 2.69. The maximum Gasteiger partial charge on any atom is 0.225 e. The van der Waals surface area contributed by atoms with E-state index in [1.54, 1.807) is 11.8 Å². The van der Waals surface area contributed by atoms with E-state index in [4.69, 9.17) is 5.73 Å². The van der Waals surface area contributed by atoms with Crippen LogP contribution in [0, 0.1) is 6.92 Å². The predicted octanol–water partition coefficient (Wildman–Crippen LogP) is 3.15. The number of aryl methyl sites for hydroxylation is 1. The maximum absolute atomic E-state index is 11.7. The number of hydrogen-bond donors (Lipinski definition) is 2. The van der Waals surface area contributed by atoms with Crippen LogP contribution < -0.4 is 11.1 Å². The minimum absolute atomic E-state index is 0.0221. The molecule has 100 valence electrons. The van der Waals surface area contributed by atoms with Crippen molar-refractivity contribution in [2.45, 2.75) is 17.6 Å². The van der Waals surface area contributed by atoms with Gasteiger partial charge in [-0.2, -0.15) is 0 Å². The molecule has 0 saturated carbocycles. The molecule has 0 radical (unpaired) electrons. The number of anilines is 2. The highest BCUT2D eigenvalue weighted by Crippen LogP contribution is 2.30. The Balaban J connectivity index is 1.77. The van der Waals surface area contributed by atoms with E-state index in [1.807, 2.05) is 37.3 Å². The lowest BCUT2D eigenvalue weighted by Crippen LogP contribution is -2.11. The Bertz CT molecular complexity index is 554. The fourth-order valence-electron chi connectivity index (χ4n) is 1.52. The zero-order valence-corrected chi connectivity index (χ0v) is 12.2. The summed E-state index contributed by atoms with van der Waals surface area (Å²) >= 11 is 3.09. The Hall–Kier alpha value is -1.53. The van der Waals surface area contributed by atoms with Crippen molar-refractivity contribution in [1.82, 2.24) is 4.98 Å². The molecular formula is C13H15N3OS2. The van der Waals surface area contributed by atoms with E-state index < -0.39 is 0 Å². The summed E-state index contributed by atoms with van der Waals surface area (Å²) in [4.78, 5) is 15.9. The van der Waals surface area contributed by atoms with Gasteiger partial charge in [-0.3, -0.25) is 4.79 Å². The second-order valence-corrected chi connectivity index (χ2v) is 6.33. The minimum atomic E-state index is 0.0221. The van der Waals surface area contributed by atoms with Crippen LogP contribution in [-0.4, -0.2) is 16.6 Å². The smallest absolute Gasteiger partial charge is 0.225 e. The molecule has 0 aliphatic carbocycles. The lowest BCUT2D eigenvalue weighted by atomic mass is 10.3. The number of nitrogens with two attached hydrogens (primary N) is 1. The molecule has 0 saturated heterocycles. The molecule has 1 amide bonds. The summed E-state index contributed by atoms with van der Waals surface area (Å²) in [7, 11) is 0. The third kappa shape index (κ3) is 4.25. The molecule has 0 atom stereocenters. The van der Waals surface area contributed by atoms with Gasteiger partial charge in [-0.05, 0) is 19.1 Å². The van der Waals surface area contributed by atoms with Crippen molar-refractivity contribution in [3.05, 3.63) is 36.0 Å². The first-order chi connectivity index (χ1) is 9.15. The number of nitrogen functional groups attached to an aromatic ring is 1. The van der Waals surface area contributed by atoms with E-state index in [1.165, 1.54) is 11.3 Å². The highest BCUT2D eigenvalue weighted by Gasteiger charge is 2.07. The standard InChI is InChI=1S/C13H15N3OS2/c1-9-12(19-13(14)15-9)18-8-7-11(17)16-10-5-3-2-4-6-10/h2-6H,7-8H2,1H3,(H2,14,15)(H,16,17). The van der Waals surface area contributed by atoms with Crippen molar-refractivity contribution in [3.63, 3.8) is 0 Å². The lowest BCUT2D eigenvalue weighted by Gasteiger charge is -2.04. The normalized spacial score (nSPS) is 10.4. The summed E-state index contributed by atoms with van der Waals surface area (Å²) in [6.45, 7) is 1.93. The molecular weight excluding hydrogens is 278 g/mol. The number of thioether (sulfide) groups is 1. The number of para-hydroxylation sites is 1. The van der Waals surface area contributed by atoms with Gasteiger partial charge in [0.15, 0.2) is 5.13 Å². The number of carbonyl (C=O) groups excluding carboxylic acids is 1. The van der Waals surface area contributed by atoms with Gasteiger partial charge < -0.3 is 11.1 Å². The van der Waals surface area contributed by atoms with Crippen molar-refractivity contribution >= 4 is 39.8 Å². The zero-order chi connectivity index (χ0) is 13.7. The Morgan fingerprint density at radius 3 is 2.79 bits per heavy atom. The zero-order valence-electron chi connectivity index (χ0n) is 10.6. The molecule has 0 aliphatic rings. The van der Waals surface area contributed by atoms with E-state index in [0.29, 0.717) is 11.6 Å². The molecule has 0 aliphatic heterocycles. The number of rotatable bonds is 5. The maximum atomic E-state index is 11.7. The number of hydrogen-bond acceptors (Lipinski definition) is 5. The molecule has 1 heterocycles. The topological polar surface area (TPSA) is 68.0 Å². The third-order valence-electron chi connectivity index (χ3n) is 2.39. The Kier molecular flexibility index (Phi) is 4.81. The van der Waals surface area contributed by atoms with Crippen LogP contribution in [0.5, 0.6) is 0 Å². The largest absolute Gasteiger partial charge is 0.375 e. The number of aromatic nitrogens is 1. The lowest BCUT2D eigenvalue weighted by molar-refractivity contribution is -0.115. The van der Waals surface area contributed by atoms with Gasteiger partial charge in [0, 0.05) is 17.9 Å². The molecule has 1 aromatic carbocycles. The molecule has 0 spiro atoms. The predicted molar refractivity (Wildman–Crippen MR) is 81.7 cm³/mol. The minimum Gasteiger partial charge on any atom is -0.375 e. The summed E-state index contributed by atoms with van der Waals surface area (Å²) < 4.78 is 1.09. The first-order valence-electron chi connectivity index (χ1n) is 5.86. The fraction of sp³-hybridized carbons (Fsp3) is 0.231. The van der Waals surface area contributed by atoms with Crippen LogP contribution in [0.1, 0.15) is 12.1 Å². The van der Waals surface area contributed by atoms with Crippen LogP contribution >= 0.6 is 23.1 Å². The number of thiazole rings is 1. The number of carbonyl (C=O) groups is 1. The highest BCUT2D eigenvalue weighted by atomic mass is 32.2. The molecule has 0 unspecified atom stereocenters. The average molecular weight is 293 g/mol. The molecule has 3 N–H and O–H groups in total. The van der Waals surface area contributed by atoms with Gasteiger partial charge in [0.25, 0.3) is 0 Å². The number of nitrogens with one attached hydrogen (secondary N) is 1. The first-order valence-corrected chi connectivity index (χ1v) is 7.66. The molecule has 19 heavy (non-hydrogen) atoms. The molecule has 6 heteroatoms. The second-order valence-electron chi connectivity index (χ2n) is 3.94. The van der Waals surface area contributed by atoms with Crippen molar-refractivity contribution in [2.24, 2.45) is 0 Å². The first kappa shape index (κ1) is 13.9. The van der Waals surface area contributed by atoms with E-state index in [-0.39, 0.29) is 5.91 Å². The molecule has 4 nitrogen and oxygen atoms in total. The van der Waals surface area contributed by atoms with Gasteiger partial charge in [0.1, 0.15) is 0 Å². The van der Waals surface area contributed by atoms with E-state index >= 15 is 0 Å². The SMILES string of the molecule is Cc1nc(N)sc1SCCC(=O)Nc1ccccc1. The van der Waals surface area contributed by atoms with Crippen LogP contribution in [-0.2, 0) is 4.79 Å². The van der Waals surface area contributed by atoms with E-state index in [2.05, 4.69) is 10.3 Å². The highest BCUT2D eigenvalue weighted by molar-refractivity contribution is 8.01. The number of amides is 1. The molecule has 0 bridgehead atoms. The van der Waals surface area contributed by atoms with Crippen molar-refractivity contribution in [2.75, 3.05) is 16.8 Å². The Labute approximate surface area is 120 Å². The van der Waals surface area contributed by atoms with Gasteiger partial charge >= 0.3 is 0 Å². The fourth-order valence-corrected chi connectivity index (χ4v) is 3.55. The van der Waals surface area contributed by atoms with E-state index in [9.17, 15) is 4.79 Å². The van der Waals surface area contributed by atoms with Crippen molar-refractivity contribution in [1.29, 1.82) is 0 Å².